The number of hydrogen-bond donors (Lipinski definition) is 2. The van der Waals surface area contributed by atoms with E-state index in [0.29, 0.717) is 6.54 Å². The summed E-state index contributed by atoms with van der Waals surface area (Å²) < 4.78 is 0. The number of nitrogens with zero attached hydrogens (tertiary/aromatic N) is 3. The molecule has 25 heavy (non-hydrogen) atoms. The molecule has 0 unspecified atom stereocenters. The van der Waals surface area contributed by atoms with Crippen LogP contribution in [0.1, 0.15) is 22.6 Å². The highest BCUT2D eigenvalue weighted by atomic mass is 16.3. The summed E-state index contributed by atoms with van der Waals surface area (Å²) in [6.07, 6.45) is 0.507. The van der Waals surface area contributed by atoms with Gasteiger partial charge in [0.1, 0.15) is 0 Å². The van der Waals surface area contributed by atoms with Crippen LogP contribution in [-0.4, -0.2) is 44.4 Å². The largest absolute Gasteiger partial charge is 0.391 e. The lowest BCUT2D eigenvalue weighted by Gasteiger charge is -2.16. The zero-order chi connectivity index (χ0) is 17.4. The Morgan fingerprint density at radius 1 is 1.16 bits per heavy atom. The van der Waals surface area contributed by atoms with Gasteiger partial charge in [-0.25, -0.2) is 0 Å². The van der Waals surface area contributed by atoms with Gasteiger partial charge in [-0.05, 0) is 32.4 Å². The van der Waals surface area contributed by atoms with Crippen molar-refractivity contribution in [2.24, 2.45) is 5.92 Å². The number of β-amino-alcohol motifs (C(OH)–C–C–N with tert-alkyl or cyclic N) is 1. The van der Waals surface area contributed by atoms with Crippen molar-refractivity contribution in [1.29, 1.82) is 0 Å². The molecule has 130 valence electrons. The van der Waals surface area contributed by atoms with Gasteiger partial charge in [-0.2, -0.15) is 5.10 Å². The van der Waals surface area contributed by atoms with Crippen LogP contribution in [0.25, 0.3) is 10.9 Å². The zero-order valence-corrected chi connectivity index (χ0v) is 14.7. The Morgan fingerprint density at radius 3 is 2.80 bits per heavy atom. The maximum absolute atomic E-state index is 10.5. The molecule has 1 aliphatic rings. The molecule has 5 nitrogen and oxygen atoms in total. The summed E-state index contributed by atoms with van der Waals surface area (Å²) in [4.78, 5) is 7.08. The molecule has 0 radical (unpaired) electrons. The summed E-state index contributed by atoms with van der Waals surface area (Å²) in [6.45, 7) is 6.52. The topological polar surface area (TPSA) is 65.0 Å². The van der Waals surface area contributed by atoms with Crippen LogP contribution < -0.4 is 0 Å². The minimum absolute atomic E-state index is 0.223. The molecule has 3 aromatic rings. The average Bonchev–Trinajstić information content (AvgIpc) is 3.11. The summed E-state index contributed by atoms with van der Waals surface area (Å²) in [5.41, 5.74) is 5.49. The third-order valence-corrected chi connectivity index (χ3v) is 5.27. The molecule has 2 aromatic heterocycles. The number of rotatable bonds is 4. The molecule has 1 aliphatic heterocycles. The first kappa shape index (κ1) is 16.2. The summed E-state index contributed by atoms with van der Waals surface area (Å²) in [6, 6.07) is 12.4. The lowest BCUT2D eigenvalue weighted by atomic mass is 9.99. The Hall–Kier alpha value is -2.24. The second-order valence-corrected chi connectivity index (χ2v) is 7.13. The van der Waals surface area contributed by atoms with Crippen LogP contribution in [-0.2, 0) is 13.0 Å². The Morgan fingerprint density at radius 2 is 2.00 bits per heavy atom. The van der Waals surface area contributed by atoms with Gasteiger partial charge in [0.25, 0.3) is 0 Å². The SMILES string of the molecule is Cc1n[nH]c(C)c1CN1C[C@@H](Cc2ccc3ccccc3n2)[C@H](O)C1. The monoisotopic (exact) mass is 336 g/mol. The molecule has 0 bridgehead atoms. The number of aliphatic hydroxyl groups is 1. The third kappa shape index (κ3) is 3.30. The van der Waals surface area contributed by atoms with E-state index in [4.69, 9.17) is 4.98 Å². The van der Waals surface area contributed by atoms with Gasteiger partial charge in [0.15, 0.2) is 0 Å². The number of aryl methyl sites for hydroxylation is 2. The first-order valence-electron chi connectivity index (χ1n) is 8.85. The fraction of sp³-hybridized carbons (Fsp3) is 0.400. The van der Waals surface area contributed by atoms with Gasteiger partial charge < -0.3 is 5.11 Å². The minimum Gasteiger partial charge on any atom is -0.391 e. The van der Waals surface area contributed by atoms with Crippen molar-refractivity contribution in [1.82, 2.24) is 20.1 Å². The maximum Gasteiger partial charge on any atom is 0.0711 e. The molecular weight excluding hydrogens is 312 g/mol. The van der Waals surface area contributed by atoms with Crippen LogP contribution in [0, 0.1) is 19.8 Å². The number of pyridine rings is 1. The summed E-state index contributed by atoms with van der Waals surface area (Å²) >= 11 is 0. The van der Waals surface area contributed by atoms with Crippen molar-refractivity contribution < 1.29 is 5.11 Å². The molecule has 0 spiro atoms. The smallest absolute Gasteiger partial charge is 0.0711 e. The number of benzene rings is 1. The number of hydrogen-bond acceptors (Lipinski definition) is 4. The number of H-pyrrole nitrogens is 1. The van der Waals surface area contributed by atoms with E-state index in [0.717, 1.165) is 47.5 Å². The summed E-state index contributed by atoms with van der Waals surface area (Å²) in [5.74, 6) is 0.223. The van der Waals surface area contributed by atoms with Crippen molar-refractivity contribution in [3.63, 3.8) is 0 Å². The fourth-order valence-electron chi connectivity index (χ4n) is 3.79. The van der Waals surface area contributed by atoms with Crippen molar-refractivity contribution >= 4 is 10.9 Å². The van der Waals surface area contributed by atoms with Crippen LogP contribution in [0.4, 0.5) is 0 Å². The molecule has 1 aromatic carbocycles. The van der Waals surface area contributed by atoms with Crippen LogP contribution in [0.5, 0.6) is 0 Å². The first-order valence-corrected chi connectivity index (χ1v) is 8.85. The lowest BCUT2D eigenvalue weighted by molar-refractivity contribution is 0.140. The number of para-hydroxylation sites is 1. The predicted octanol–water partition coefficient (Wildman–Crippen LogP) is 2.61. The molecule has 2 atom stereocenters. The number of aliphatic hydroxyl groups excluding tert-OH is 1. The molecule has 2 N–H and O–H groups in total. The fourth-order valence-corrected chi connectivity index (χ4v) is 3.79. The molecule has 3 heterocycles. The van der Waals surface area contributed by atoms with E-state index >= 15 is 0 Å². The maximum atomic E-state index is 10.5. The zero-order valence-electron chi connectivity index (χ0n) is 14.7. The molecule has 0 saturated carbocycles. The van der Waals surface area contributed by atoms with E-state index in [1.54, 1.807) is 0 Å². The summed E-state index contributed by atoms with van der Waals surface area (Å²) in [5, 5.41) is 19.0. The van der Waals surface area contributed by atoms with E-state index < -0.39 is 0 Å². The second kappa shape index (κ2) is 6.58. The molecular formula is C20H24N4O. The molecule has 0 amide bonds. The predicted molar refractivity (Wildman–Crippen MR) is 98.3 cm³/mol. The van der Waals surface area contributed by atoms with Crippen molar-refractivity contribution in [2.75, 3.05) is 13.1 Å². The van der Waals surface area contributed by atoms with E-state index in [2.05, 4.69) is 40.2 Å². The van der Waals surface area contributed by atoms with Gasteiger partial charge in [-0.15, -0.1) is 0 Å². The van der Waals surface area contributed by atoms with Gasteiger partial charge in [0.2, 0.25) is 0 Å². The molecule has 1 saturated heterocycles. The summed E-state index contributed by atoms with van der Waals surface area (Å²) in [7, 11) is 0. The molecule has 0 aliphatic carbocycles. The van der Waals surface area contributed by atoms with E-state index in [1.807, 2.05) is 25.1 Å². The van der Waals surface area contributed by atoms with Crippen LogP contribution in [0.3, 0.4) is 0 Å². The number of fused-ring (bicyclic) bond motifs is 1. The quantitative estimate of drug-likeness (QED) is 0.769. The van der Waals surface area contributed by atoms with Crippen molar-refractivity contribution in [3.05, 3.63) is 59.0 Å². The van der Waals surface area contributed by atoms with Crippen LogP contribution in [0.2, 0.25) is 0 Å². The highest BCUT2D eigenvalue weighted by Gasteiger charge is 2.32. The Labute approximate surface area is 147 Å². The highest BCUT2D eigenvalue weighted by molar-refractivity contribution is 5.78. The normalized spacial score (nSPS) is 21.2. The third-order valence-electron chi connectivity index (χ3n) is 5.27. The number of likely N-dealkylation sites (tertiary alicyclic amines) is 1. The van der Waals surface area contributed by atoms with Crippen molar-refractivity contribution in [3.8, 4) is 0 Å². The number of aromatic nitrogens is 3. The van der Waals surface area contributed by atoms with Gasteiger partial charge in [-0.3, -0.25) is 15.0 Å². The Balaban J connectivity index is 1.45. The van der Waals surface area contributed by atoms with Crippen LogP contribution in [0.15, 0.2) is 36.4 Å². The van der Waals surface area contributed by atoms with E-state index in [9.17, 15) is 5.11 Å². The van der Waals surface area contributed by atoms with Gasteiger partial charge in [0, 0.05) is 47.9 Å². The van der Waals surface area contributed by atoms with Gasteiger partial charge >= 0.3 is 0 Å². The molecule has 4 rings (SSSR count). The second-order valence-electron chi connectivity index (χ2n) is 7.13. The molecule has 5 heteroatoms. The number of nitrogens with one attached hydrogen (secondary N) is 1. The number of aromatic amines is 1. The van der Waals surface area contributed by atoms with E-state index in [-0.39, 0.29) is 12.0 Å². The van der Waals surface area contributed by atoms with Gasteiger partial charge in [0.05, 0.1) is 17.3 Å². The van der Waals surface area contributed by atoms with E-state index in [1.165, 1.54) is 5.56 Å². The molecule has 1 fully saturated rings. The average molecular weight is 336 g/mol. The standard InChI is InChI=1S/C20H24N4O/c1-13-18(14(2)23-22-13)11-24-10-16(20(25)12-24)9-17-8-7-15-5-3-4-6-19(15)21-17/h3-8,16,20,25H,9-12H2,1-2H3,(H,22,23)/t16-,20-/m1/s1. The van der Waals surface area contributed by atoms with Crippen LogP contribution >= 0.6 is 0 Å². The lowest BCUT2D eigenvalue weighted by Crippen LogP contribution is -2.22. The Bertz CT molecular complexity index is 869. The van der Waals surface area contributed by atoms with Gasteiger partial charge in [-0.1, -0.05) is 24.3 Å². The Kier molecular flexibility index (Phi) is 4.27. The highest BCUT2D eigenvalue weighted by Crippen LogP contribution is 2.24. The van der Waals surface area contributed by atoms with Crippen molar-refractivity contribution in [2.45, 2.75) is 32.9 Å². The first-order chi connectivity index (χ1) is 12.1. The minimum atomic E-state index is -0.305.